The van der Waals surface area contributed by atoms with E-state index in [4.69, 9.17) is 5.73 Å². The Hall–Kier alpha value is -1.46. The van der Waals surface area contributed by atoms with Gasteiger partial charge < -0.3 is 5.73 Å². The van der Waals surface area contributed by atoms with Crippen LogP contribution < -0.4 is 5.73 Å². The highest BCUT2D eigenvalue weighted by atomic mass is 32.1. The second-order valence-corrected chi connectivity index (χ2v) is 9.45. The summed E-state index contributed by atoms with van der Waals surface area (Å²) in [5.74, 6) is 0.521. The lowest BCUT2D eigenvalue weighted by molar-refractivity contribution is 0.0979. The highest BCUT2D eigenvalue weighted by Crippen LogP contribution is 2.47. The zero-order valence-corrected chi connectivity index (χ0v) is 16.6. The number of carbonyl (C=O) groups is 2. The van der Waals surface area contributed by atoms with Crippen LogP contribution in [0, 0.1) is 0 Å². The molecule has 3 rings (SSSR count). The molecule has 2 aromatic rings. The number of nitrogen functional groups attached to an aromatic ring is 1. The van der Waals surface area contributed by atoms with Crippen molar-refractivity contribution in [1.82, 2.24) is 0 Å². The van der Waals surface area contributed by atoms with Crippen LogP contribution in [0.2, 0.25) is 0 Å². The number of hydrogen-bond donors (Lipinski definition) is 1. The van der Waals surface area contributed by atoms with Gasteiger partial charge in [0.25, 0.3) is 0 Å². The molecule has 0 saturated heterocycles. The molecular weight excluding hydrogens is 338 g/mol. The summed E-state index contributed by atoms with van der Waals surface area (Å²) in [6.45, 7) is 12.4. The van der Waals surface area contributed by atoms with Crippen molar-refractivity contribution in [3.05, 3.63) is 36.9 Å². The molecule has 0 unspecified atom stereocenters. The molecular formula is C19H23NO2S2. The highest BCUT2D eigenvalue weighted by Gasteiger charge is 2.41. The topological polar surface area (TPSA) is 60.2 Å². The number of anilines is 1. The van der Waals surface area contributed by atoms with Gasteiger partial charge in [-0.25, -0.2) is 0 Å². The summed E-state index contributed by atoms with van der Waals surface area (Å²) in [4.78, 5) is 29.6. The van der Waals surface area contributed by atoms with Crippen LogP contribution in [0.25, 0.3) is 0 Å². The van der Waals surface area contributed by atoms with Gasteiger partial charge in [0.15, 0.2) is 11.6 Å². The van der Waals surface area contributed by atoms with Crippen molar-refractivity contribution >= 4 is 39.2 Å². The Morgan fingerprint density at radius 3 is 1.38 bits per heavy atom. The summed E-state index contributed by atoms with van der Waals surface area (Å²) in [5, 5.41) is 0.477. The molecule has 0 radical (unpaired) electrons. The molecule has 24 heavy (non-hydrogen) atoms. The Morgan fingerprint density at radius 2 is 0.958 bits per heavy atom. The summed E-state index contributed by atoms with van der Waals surface area (Å²) in [6.07, 6.45) is 0. The number of nitrogens with two attached hydrogens (primary N) is 1. The minimum absolute atomic E-state index is 0.0110. The first kappa shape index (κ1) is 17.4. The minimum atomic E-state index is -0.0629. The number of rotatable bonds is 3. The van der Waals surface area contributed by atoms with Gasteiger partial charge in [-0.1, -0.05) is 41.5 Å². The number of thiophene rings is 2. The average molecular weight is 362 g/mol. The van der Waals surface area contributed by atoms with Gasteiger partial charge in [0.05, 0.1) is 16.1 Å². The Kier molecular flexibility index (Phi) is 4.21. The molecule has 1 aliphatic carbocycles. The predicted octanol–water partition coefficient (Wildman–Crippen LogP) is 5.54. The molecule has 3 nitrogen and oxygen atoms in total. The van der Waals surface area contributed by atoms with Crippen LogP contribution >= 0.6 is 22.7 Å². The number of ketones is 2. The van der Waals surface area contributed by atoms with E-state index in [9.17, 15) is 9.59 Å². The fourth-order valence-corrected chi connectivity index (χ4v) is 5.67. The molecule has 1 aliphatic rings. The molecule has 0 bridgehead atoms. The Balaban J connectivity index is 2.37. The predicted molar refractivity (Wildman–Crippen MR) is 102 cm³/mol. The van der Waals surface area contributed by atoms with Crippen LogP contribution in [0.1, 0.15) is 106 Å². The zero-order chi connectivity index (χ0) is 17.9. The Labute approximate surface area is 150 Å². The van der Waals surface area contributed by atoms with E-state index in [1.807, 2.05) is 13.8 Å². The standard InChI is InChI=1S/C19H23NO2S2/c1-7(2)16-10-11(17(23-16)8(3)4)15(22)13-12(14(10)21)18(9(5)6)24-19(13)20/h7-9H,20H2,1-6H3. The van der Waals surface area contributed by atoms with Crippen molar-refractivity contribution in [3.63, 3.8) is 0 Å². The third-order valence-corrected chi connectivity index (χ3v) is 7.52. The van der Waals surface area contributed by atoms with Gasteiger partial charge in [0, 0.05) is 25.8 Å². The maximum absolute atomic E-state index is 13.4. The molecule has 2 aromatic heterocycles. The van der Waals surface area contributed by atoms with E-state index in [2.05, 4.69) is 27.7 Å². The van der Waals surface area contributed by atoms with Crippen LogP contribution in [0.15, 0.2) is 0 Å². The molecule has 0 aliphatic heterocycles. The van der Waals surface area contributed by atoms with Gasteiger partial charge in [0.2, 0.25) is 0 Å². The van der Waals surface area contributed by atoms with Crippen LogP contribution in [-0.2, 0) is 0 Å². The lowest BCUT2D eigenvalue weighted by atomic mass is 9.81. The third-order valence-electron chi connectivity index (χ3n) is 4.41. The minimum Gasteiger partial charge on any atom is -0.390 e. The largest absolute Gasteiger partial charge is 0.390 e. The molecule has 0 atom stereocenters. The molecule has 0 saturated carbocycles. The van der Waals surface area contributed by atoms with E-state index in [-0.39, 0.29) is 29.3 Å². The van der Waals surface area contributed by atoms with Crippen molar-refractivity contribution in [1.29, 1.82) is 0 Å². The van der Waals surface area contributed by atoms with E-state index in [0.717, 1.165) is 14.6 Å². The van der Waals surface area contributed by atoms with Crippen molar-refractivity contribution < 1.29 is 9.59 Å². The van der Waals surface area contributed by atoms with Gasteiger partial charge in [-0.3, -0.25) is 9.59 Å². The fourth-order valence-electron chi connectivity index (χ4n) is 3.31. The molecule has 2 heterocycles. The van der Waals surface area contributed by atoms with E-state index in [1.54, 1.807) is 11.3 Å². The summed E-state index contributed by atoms with van der Waals surface area (Å²) in [5.41, 5.74) is 8.39. The summed E-state index contributed by atoms with van der Waals surface area (Å²) in [7, 11) is 0. The normalized spacial score (nSPS) is 14.0. The van der Waals surface area contributed by atoms with Gasteiger partial charge in [0.1, 0.15) is 0 Å². The van der Waals surface area contributed by atoms with E-state index >= 15 is 0 Å². The van der Waals surface area contributed by atoms with Crippen molar-refractivity contribution in [2.24, 2.45) is 0 Å². The lowest BCUT2D eigenvalue weighted by Crippen LogP contribution is -2.22. The van der Waals surface area contributed by atoms with Crippen LogP contribution in [0.3, 0.4) is 0 Å². The second-order valence-electron chi connectivity index (χ2n) is 7.28. The van der Waals surface area contributed by atoms with Crippen LogP contribution in [0.5, 0.6) is 0 Å². The fraction of sp³-hybridized carbons (Fsp3) is 0.474. The summed E-state index contributed by atoms with van der Waals surface area (Å²) < 4.78 is 0. The summed E-state index contributed by atoms with van der Waals surface area (Å²) in [6, 6.07) is 0. The molecule has 5 heteroatoms. The SMILES string of the molecule is CC(C)c1sc(N)c2c1C(=O)c1c(C(C)C)sc(C(C)C)c1C2=O. The van der Waals surface area contributed by atoms with E-state index < -0.39 is 0 Å². The van der Waals surface area contributed by atoms with E-state index in [1.165, 1.54) is 11.3 Å². The molecule has 0 aromatic carbocycles. The molecule has 0 amide bonds. The third kappa shape index (κ3) is 2.29. The maximum atomic E-state index is 13.4. The molecule has 128 valence electrons. The van der Waals surface area contributed by atoms with Crippen molar-refractivity contribution in [3.8, 4) is 0 Å². The smallest absolute Gasteiger partial charge is 0.198 e. The maximum Gasteiger partial charge on any atom is 0.198 e. The molecule has 0 spiro atoms. The van der Waals surface area contributed by atoms with Gasteiger partial charge in [-0.05, 0) is 17.8 Å². The first-order chi connectivity index (χ1) is 11.2. The molecule has 0 fully saturated rings. The van der Waals surface area contributed by atoms with Crippen LogP contribution in [0.4, 0.5) is 5.00 Å². The molecule has 2 N–H and O–H groups in total. The van der Waals surface area contributed by atoms with E-state index in [0.29, 0.717) is 27.3 Å². The Morgan fingerprint density at radius 1 is 0.625 bits per heavy atom. The summed E-state index contributed by atoms with van der Waals surface area (Å²) >= 11 is 3.00. The number of hydrogen-bond acceptors (Lipinski definition) is 5. The van der Waals surface area contributed by atoms with Gasteiger partial charge >= 0.3 is 0 Å². The number of fused-ring (bicyclic) bond motifs is 2. The number of carbonyl (C=O) groups excluding carboxylic acids is 2. The first-order valence-corrected chi connectivity index (χ1v) is 9.98. The lowest BCUT2D eigenvalue weighted by Gasteiger charge is -2.17. The van der Waals surface area contributed by atoms with Gasteiger partial charge in [-0.15, -0.1) is 22.7 Å². The quantitative estimate of drug-likeness (QED) is 0.666. The van der Waals surface area contributed by atoms with Crippen LogP contribution in [-0.4, -0.2) is 11.6 Å². The van der Waals surface area contributed by atoms with Crippen molar-refractivity contribution in [2.75, 3.05) is 5.73 Å². The van der Waals surface area contributed by atoms with Gasteiger partial charge in [-0.2, -0.15) is 0 Å². The second kappa shape index (κ2) is 5.81. The Bertz CT molecular complexity index is 853. The average Bonchev–Trinajstić information content (AvgIpc) is 3.04. The van der Waals surface area contributed by atoms with Crippen molar-refractivity contribution in [2.45, 2.75) is 59.3 Å². The first-order valence-electron chi connectivity index (χ1n) is 8.34. The monoisotopic (exact) mass is 361 g/mol. The highest BCUT2D eigenvalue weighted by molar-refractivity contribution is 7.17. The zero-order valence-electron chi connectivity index (χ0n) is 14.9.